The highest BCUT2D eigenvalue weighted by Crippen LogP contribution is 2.15. The summed E-state index contributed by atoms with van der Waals surface area (Å²) < 4.78 is 5.78. The van der Waals surface area contributed by atoms with E-state index in [0.29, 0.717) is 6.61 Å². The van der Waals surface area contributed by atoms with Crippen LogP contribution < -0.4 is 10.1 Å². The molecule has 1 heterocycles. The van der Waals surface area contributed by atoms with E-state index in [-0.39, 0.29) is 5.91 Å². The van der Waals surface area contributed by atoms with E-state index in [9.17, 15) is 4.79 Å². The average molecular weight is 379 g/mol. The summed E-state index contributed by atoms with van der Waals surface area (Å²) in [7, 11) is 0. The molecule has 1 saturated heterocycles. The minimum atomic E-state index is -0.0365. The van der Waals surface area contributed by atoms with Crippen LogP contribution in [0.15, 0.2) is 60.7 Å². The van der Waals surface area contributed by atoms with Crippen molar-refractivity contribution in [1.29, 1.82) is 0 Å². The number of hydrogen-bond donors (Lipinski definition) is 1. The third-order valence-corrected chi connectivity index (χ3v) is 4.95. The van der Waals surface area contributed by atoms with Crippen LogP contribution in [0.1, 0.15) is 36.8 Å². The maximum atomic E-state index is 11.9. The van der Waals surface area contributed by atoms with Crippen LogP contribution in [0.3, 0.4) is 0 Å². The quantitative estimate of drug-likeness (QED) is 0.496. The summed E-state index contributed by atoms with van der Waals surface area (Å²) in [6.45, 7) is 4.93. The molecular weight excluding hydrogens is 348 g/mol. The zero-order valence-electron chi connectivity index (χ0n) is 16.5. The van der Waals surface area contributed by atoms with Crippen molar-refractivity contribution in [2.24, 2.45) is 0 Å². The molecule has 148 valence electrons. The molecule has 0 radical (unpaired) electrons. The van der Waals surface area contributed by atoms with E-state index in [4.69, 9.17) is 4.74 Å². The first-order valence-electron chi connectivity index (χ1n) is 10.2. The Labute approximate surface area is 168 Å². The van der Waals surface area contributed by atoms with Crippen LogP contribution in [0, 0.1) is 0 Å². The Morgan fingerprint density at radius 3 is 2.50 bits per heavy atom. The number of rotatable bonds is 10. The molecule has 0 saturated carbocycles. The van der Waals surface area contributed by atoms with E-state index in [1.54, 1.807) is 6.08 Å². The fourth-order valence-corrected chi connectivity index (χ4v) is 3.33. The van der Waals surface area contributed by atoms with Crippen molar-refractivity contribution >= 4 is 12.0 Å². The molecule has 28 heavy (non-hydrogen) atoms. The van der Waals surface area contributed by atoms with Crippen molar-refractivity contribution in [2.45, 2.75) is 32.3 Å². The molecular formula is C24H30N2O2. The molecule has 0 bridgehead atoms. The molecule has 1 amide bonds. The van der Waals surface area contributed by atoms with Gasteiger partial charge in [0, 0.05) is 12.6 Å². The van der Waals surface area contributed by atoms with Gasteiger partial charge in [-0.3, -0.25) is 4.79 Å². The Kier molecular flexibility index (Phi) is 8.13. The van der Waals surface area contributed by atoms with E-state index in [1.165, 1.54) is 25.9 Å². The number of hydrogen-bond acceptors (Lipinski definition) is 3. The predicted octanol–water partition coefficient (Wildman–Crippen LogP) is 4.27. The van der Waals surface area contributed by atoms with Crippen LogP contribution in [0.5, 0.6) is 5.75 Å². The van der Waals surface area contributed by atoms with Crippen LogP contribution in [0.2, 0.25) is 0 Å². The average Bonchev–Trinajstić information content (AvgIpc) is 3.25. The van der Waals surface area contributed by atoms with Crippen LogP contribution in [0.25, 0.3) is 6.08 Å². The van der Waals surface area contributed by atoms with Crippen LogP contribution >= 0.6 is 0 Å². The molecule has 0 spiro atoms. The third-order valence-electron chi connectivity index (χ3n) is 4.95. The second-order valence-corrected chi connectivity index (χ2v) is 7.22. The molecule has 2 aromatic carbocycles. The van der Waals surface area contributed by atoms with Gasteiger partial charge in [0.05, 0.1) is 0 Å². The zero-order valence-corrected chi connectivity index (χ0v) is 16.5. The summed E-state index contributed by atoms with van der Waals surface area (Å²) >= 11 is 0. The van der Waals surface area contributed by atoms with E-state index >= 15 is 0 Å². The fourth-order valence-electron chi connectivity index (χ4n) is 3.33. The van der Waals surface area contributed by atoms with E-state index in [1.807, 2.05) is 60.7 Å². The van der Waals surface area contributed by atoms with Crippen LogP contribution in [-0.2, 0) is 11.4 Å². The summed E-state index contributed by atoms with van der Waals surface area (Å²) in [4.78, 5) is 14.4. The predicted molar refractivity (Wildman–Crippen MR) is 114 cm³/mol. The number of nitrogens with one attached hydrogen (secondary N) is 1. The van der Waals surface area contributed by atoms with Crippen molar-refractivity contribution in [3.8, 4) is 5.75 Å². The molecule has 1 fully saturated rings. The van der Waals surface area contributed by atoms with Gasteiger partial charge in [0.25, 0.3) is 0 Å². The maximum Gasteiger partial charge on any atom is 0.243 e. The van der Waals surface area contributed by atoms with Crippen molar-refractivity contribution < 1.29 is 9.53 Å². The van der Waals surface area contributed by atoms with Gasteiger partial charge in [-0.1, -0.05) is 42.5 Å². The van der Waals surface area contributed by atoms with Gasteiger partial charge in [0.2, 0.25) is 5.91 Å². The van der Waals surface area contributed by atoms with Crippen LogP contribution in [-0.4, -0.2) is 37.0 Å². The molecule has 1 aliphatic rings. The highest BCUT2D eigenvalue weighted by atomic mass is 16.5. The van der Waals surface area contributed by atoms with Gasteiger partial charge >= 0.3 is 0 Å². The largest absolute Gasteiger partial charge is 0.489 e. The van der Waals surface area contributed by atoms with Gasteiger partial charge in [0.15, 0.2) is 0 Å². The fraction of sp³-hybridized carbons (Fsp3) is 0.375. The number of ether oxygens (including phenoxy) is 1. The number of benzene rings is 2. The molecule has 3 rings (SSSR count). The highest BCUT2D eigenvalue weighted by Gasteiger charge is 2.09. The van der Waals surface area contributed by atoms with Gasteiger partial charge in [-0.25, -0.2) is 0 Å². The monoisotopic (exact) mass is 378 g/mol. The Balaban J connectivity index is 1.32. The van der Waals surface area contributed by atoms with Gasteiger partial charge in [-0.05, 0) is 74.7 Å². The number of likely N-dealkylation sites (tertiary alicyclic amines) is 1. The molecule has 0 unspecified atom stereocenters. The number of carbonyl (C=O) groups excluding carboxylic acids is 1. The second kappa shape index (κ2) is 11.3. The van der Waals surface area contributed by atoms with E-state index < -0.39 is 0 Å². The van der Waals surface area contributed by atoms with Crippen molar-refractivity contribution in [3.05, 3.63) is 71.8 Å². The normalized spacial score (nSPS) is 14.4. The Hall–Kier alpha value is -2.59. The van der Waals surface area contributed by atoms with Crippen LogP contribution in [0.4, 0.5) is 0 Å². The molecule has 1 N–H and O–H groups in total. The molecule has 0 aliphatic carbocycles. The molecule has 4 nitrogen and oxygen atoms in total. The first kappa shape index (κ1) is 20.2. The molecule has 1 aliphatic heterocycles. The van der Waals surface area contributed by atoms with Gasteiger partial charge < -0.3 is 15.0 Å². The number of nitrogens with zero attached hydrogens (tertiary/aromatic N) is 1. The summed E-state index contributed by atoms with van der Waals surface area (Å²) in [5.74, 6) is 0.786. The van der Waals surface area contributed by atoms with Gasteiger partial charge in [-0.15, -0.1) is 0 Å². The molecule has 0 atom stereocenters. The smallest absolute Gasteiger partial charge is 0.243 e. The summed E-state index contributed by atoms with van der Waals surface area (Å²) in [5, 5.41) is 2.96. The minimum absolute atomic E-state index is 0.0365. The Morgan fingerprint density at radius 1 is 1.00 bits per heavy atom. The van der Waals surface area contributed by atoms with Crippen molar-refractivity contribution in [1.82, 2.24) is 10.2 Å². The maximum absolute atomic E-state index is 11.9. The van der Waals surface area contributed by atoms with Gasteiger partial charge in [-0.2, -0.15) is 0 Å². The Morgan fingerprint density at radius 2 is 1.75 bits per heavy atom. The SMILES string of the molecule is O=C(/C=C/c1ccc(OCc2ccccc2)cc1)NCCCCN1CCCC1. The minimum Gasteiger partial charge on any atom is -0.489 e. The number of carbonyl (C=O) groups is 1. The van der Waals surface area contributed by atoms with E-state index in [2.05, 4.69) is 10.2 Å². The summed E-state index contributed by atoms with van der Waals surface area (Å²) in [5.41, 5.74) is 2.12. The summed E-state index contributed by atoms with van der Waals surface area (Å²) in [6, 6.07) is 17.9. The third kappa shape index (κ3) is 7.20. The van der Waals surface area contributed by atoms with Crippen molar-refractivity contribution in [2.75, 3.05) is 26.2 Å². The lowest BCUT2D eigenvalue weighted by molar-refractivity contribution is -0.116. The Bertz CT molecular complexity index is 735. The number of unbranched alkanes of at least 4 members (excludes halogenated alkanes) is 1. The number of amides is 1. The molecule has 2 aromatic rings. The first-order valence-corrected chi connectivity index (χ1v) is 10.2. The lowest BCUT2D eigenvalue weighted by Gasteiger charge is -2.13. The van der Waals surface area contributed by atoms with E-state index in [0.717, 1.165) is 42.8 Å². The molecule has 4 heteroatoms. The highest BCUT2D eigenvalue weighted by molar-refractivity contribution is 5.91. The molecule has 0 aromatic heterocycles. The standard InChI is InChI=1S/C24H30N2O2/c27-24(25-16-4-5-17-26-18-6-7-19-26)15-12-21-10-13-23(14-11-21)28-20-22-8-2-1-3-9-22/h1-3,8-15H,4-7,16-20H2,(H,25,27)/b15-12+. The topological polar surface area (TPSA) is 41.6 Å². The lowest BCUT2D eigenvalue weighted by atomic mass is 10.2. The first-order chi connectivity index (χ1) is 13.8. The lowest BCUT2D eigenvalue weighted by Crippen LogP contribution is -2.24. The summed E-state index contributed by atoms with van der Waals surface area (Å²) in [6.07, 6.45) is 8.28. The van der Waals surface area contributed by atoms with Crippen molar-refractivity contribution in [3.63, 3.8) is 0 Å². The van der Waals surface area contributed by atoms with Gasteiger partial charge in [0.1, 0.15) is 12.4 Å². The second-order valence-electron chi connectivity index (χ2n) is 7.22. The zero-order chi connectivity index (χ0) is 19.4.